The Hall–Kier alpha value is -2.18. The molecule has 2 aromatic rings. The van der Waals surface area contributed by atoms with Crippen LogP contribution in [0.1, 0.15) is 23.7 Å². The fourth-order valence-corrected chi connectivity index (χ4v) is 2.00. The Kier molecular flexibility index (Phi) is 4.66. The minimum absolute atomic E-state index is 0.714. The monoisotopic (exact) mass is 251 g/mol. The molecule has 0 amide bonds. The van der Waals surface area contributed by atoms with Gasteiger partial charge < -0.3 is 0 Å². The van der Waals surface area contributed by atoms with Gasteiger partial charge in [0.05, 0.1) is 17.3 Å². The molecule has 1 aromatic carbocycles. The molecule has 0 aliphatic rings. The van der Waals surface area contributed by atoms with Crippen molar-refractivity contribution in [2.45, 2.75) is 20.0 Å². The van der Waals surface area contributed by atoms with Gasteiger partial charge in [-0.3, -0.25) is 9.88 Å². The SMILES string of the molecule is CCN(Cc1cccc(C#N)c1)Cc1ccccn1. The molecule has 3 heteroatoms. The van der Waals surface area contributed by atoms with E-state index in [0.717, 1.165) is 30.9 Å². The van der Waals surface area contributed by atoms with E-state index in [9.17, 15) is 0 Å². The maximum Gasteiger partial charge on any atom is 0.0991 e. The molecule has 2 rings (SSSR count). The van der Waals surface area contributed by atoms with Crippen molar-refractivity contribution in [2.75, 3.05) is 6.54 Å². The molecule has 0 fully saturated rings. The molecule has 96 valence electrons. The zero-order valence-electron chi connectivity index (χ0n) is 11.1. The Morgan fingerprint density at radius 2 is 2.05 bits per heavy atom. The van der Waals surface area contributed by atoms with Crippen molar-refractivity contribution < 1.29 is 0 Å². The van der Waals surface area contributed by atoms with Crippen molar-refractivity contribution in [3.8, 4) is 6.07 Å². The van der Waals surface area contributed by atoms with E-state index in [4.69, 9.17) is 5.26 Å². The van der Waals surface area contributed by atoms with Gasteiger partial charge in [0.25, 0.3) is 0 Å². The minimum atomic E-state index is 0.714. The second-order valence-electron chi connectivity index (χ2n) is 4.44. The van der Waals surface area contributed by atoms with Gasteiger partial charge in [0.15, 0.2) is 0 Å². The van der Waals surface area contributed by atoms with Gasteiger partial charge in [-0.1, -0.05) is 25.1 Å². The van der Waals surface area contributed by atoms with Crippen LogP contribution in [0.15, 0.2) is 48.7 Å². The predicted octanol–water partition coefficient (Wildman–Crippen LogP) is 2.98. The van der Waals surface area contributed by atoms with E-state index in [2.05, 4.69) is 28.9 Å². The second-order valence-corrected chi connectivity index (χ2v) is 4.44. The number of aromatic nitrogens is 1. The summed E-state index contributed by atoms with van der Waals surface area (Å²) in [4.78, 5) is 6.65. The normalized spacial score (nSPS) is 10.4. The molecule has 0 aliphatic carbocycles. The van der Waals surface area contributed by atoms with Gasteiger partial charge in [-0.05, 0) is 36.4 Å². The Balaban J connectivity index is 2.05. The average molecular weight is 251 g/mol. The van der Waals surface area contributed by atoms with Crippen molar-refractivity contribution in [3.63, 3.8) is 0 Å². The smallest absolute Gasteiger partial charge is 0.0991 e. The second kappa shape index (κ2) is 6.67. The molecular formula is C16H17N3. The first-order valence-corrected chi connectivity index (χ1v) is 6.43. The minimum Gasteiger partial charge on any atom is -0.294 e. The molecule has 0 atom stereocenters. The van der Waals surface area contributed by atoms with Gasteiger partial charge in [0.1, 0.15) is 0 Å². The van der Waals surface area contributed by atoms with E-state index < -0.39 is 0 Å². The van der Waals surface area contributed by atoms with Crippen LogP contribution in [0.25, 0.3) is 0 Å². The van der Waals surface area contributed by atoms with Gasteiger partial charge in [0, 0.05) is 19.3 Å². The van der Waals surface area contributed by atoms with E-state index in [0.29, 0.717) is 5.56 Å². The van der Waals surface area contributed by atoms with Crippen LogP contribution in [0.3, 0.4) is 0 Å². The highest BCUT2D eigenvalue weighted by atomic mass is 15.1. The molecule has 3 nitrogen and oxygen atoms in total. The predicted molar refractivity (Wildman–Crippen MR) is 75.2 cm³/mol. The lowest BCUT2D eigenvalue weighted by atomic mass is 10.1. The summed E-state index contributed by atoms with van der Waals surface area (Å²) in [6.07, 6.45) is 1.82. The average Bonchev–Trinajstić information content (AvgIpc) is 2.48. The number of hydrogen-bond donors (Lipinski definition) is 0. The van der Waals surface area contributed by atoms with Crippen molar-refractivity contribution in [3.05, 3.63) is 65.5 Å². The molecule has 0 aliphatic heterocycles. The van der Waals surface area contributed by atoms with Gasteiger partial charge in [-0.15, -0.1) is 0 Å². The van der Waals surface area contributed by atoms with Crippen LogP contribution in [0, 0.1) is 11.3 Å². The lowest BCUT2D eigenvalue weighted by Gasteiger charge is -2.20. The van der Waals surface area contributed by atoms with Crippen LogP contribution in [-0.2, 0) is 13.1 Å². The van der Waals surface area contributed by atoms with Crippen LogP contribution in [0.2, 0.25) is 0 Å². The van der Waals surface area contributed by atoms with Crippen molar-refractivity contribution in [1.29, 1.82) is 5.26 Å². The highest BCUT2D eigenvalue weighted by molar-refractivity contribution is 5.32. The van der Waals surface area contributed by atoms with Crippen molar-refractivity contribution in [2.24, 2.45) is 0 Å². The summed E-state index contributed by atoms with van der Waals surface area (Å²) < 4.78 is 0. The summed E-state index contributed by atoms with van der Waals surface area (Å²) in [5, 5.41) is 8.91. The molecule has 1 aromatic heterocycles. The molecule has 0 N–H and O–H groups in total. The first-order chi connectivity index (χ1) is 9.31. The Morgan fingerprint density at radius 1 is 1.16 bits per heavy atom. The lowest BCUT2D eigenvalue weighted by molar-refractivity contribution is 0.268. The lowest BCUT2D eigenvalue weighted by Crippen LogP contribution is -2.22. The van der Waals surface area contributed by atoms with E-state index in [1.807, 2.05) is 42.6 Å². The first-order valence-electron chi connectivity index (χ1n) is 6.43. The van der Waals surface area contributed by atoms with E-state index in [1.165, 1.54) is 0 Å². The maximum atomic E-state index is 8.91. The molecule has 0 unspecified atom stereocenters. The molecule has 0 saturated carbocycles. The van der Waals surface area contributed by atoms with Gasteiger partial charge in [-0.25, -0.2) is 0 Å². The number of hydrogen-bond acceptors (Lipinski definition) is 3. The van der Waals surface area contributed by atoms with Gasteiger partial charge in [0.2, 0.25) is 0 Å². The van der Waals surface area contributed by atoms with Crippen LogP contribution in [-0.4, -0.2) is 16.4 Å². The van der Waals surface area contributed by atoms with Crippen LogP contribution in [0.5, 0.6) is 0 Å². The number of rotatable bonds is 5. The summed E-state index contributed by atoms with van der Waals surface area (Å²) in [5.74, 6) is 0. The third kappa shape index (κ3) is 3.90. The molecular weight excluding hydrogens is 234 g/mol. The summed E-state index contributed by atoms with van der Waals surface area (Å²) in [5.41, 5.74) is 2.95. The van der Waals surface area contributed by atoms with E-state index in [-0.39, 0.29) is 0 Å². The van der Waals surface area contributed by atoms with Gasteiger partial charge in [-0.2, -0.15) is 5.26 Å². The summed E-state index contributed by atoms with van der Waals surface area (Å²) in [6, 6.07) is 15.9. The summed E-state index contributed by atoms with van der Waals surface area (Å²) in [7, 11) is 0. The fraction of sp³-hybridized carbons (Fsp3) is 0.250. The van der Waals surface area contributed by atoms with Gasteiger partial charge >= 0.3 is 0 Å². The summed E-state index contributed by atoms with van der Waals surface area (Å²) >= 11 is 0. The summed E-state index contributed by atoms with van der Waals surface area (Å²) in [6.45, 7) is 4.75. The molecule has 0 saturated heterocycles. The topological polar surface area (TPSA) is 39.9 Å². The Labute approximate surface area is 114 Å². The molecule has 0 spiro atoms. The molecule has 0 radical (unpaired) electrons. The maximum absolute atomic E-state index is 8.91. The standard InChI is InChI=1S/C16H17N3/c1-2-19(13-16-8-3-4-9-18-16)12-15-7-5-6-14(10-15)11-17/h3-10H,2,12-13H2,1H3. The van der Waals surface area contributed by atoms with Crippen molar-refractivity contribution in [1.82, 2.24) is 9.88 Å². The molecule has 19 heavy (non-hydrogen) atoms. The zero-order chi connectivity index (χ0) is 13.5. The fourth-order valence-electron chi connectivity index (χ4n) is 2.00. The highest BCUT2D eigenvalue weighted by Gasteiger charge is 2.06. The third-order valence-electron chi connectivity index (χ3n) is 3.02. The molecule has 0 bridgehead atoms. The number of nitrogens with zero attached hydrogens (tertiary/aromatic N) is 3. The highest BCUT2D eigenvalue weighted by Crippen LogP contribution is 2.10. The third-order valence-corrected chi connectivity index (χ3v) is 3.02. The van der Waals surface area contributed by atoms with Crippen LogP contribution in [0.4, 0.5) is 0 Å². The number of pyridine rings is 1. The van der Waals surface area contributed by atoms with Crippen molar-refractivity contribution >= 4 is 0 Å². The van der Waals surface area contributed by atoms with Crippen LogP contribution < -0.4 is 0 Å². The molecule has 1 heterocycles. The number of nitriles is 1. The van der Waals surface area contributed by atoms with Crippen LogP contribution >= 0.6 is 0 Å². The van der Waals surface area contributed by atoms with E-state index >= 15 is 0 Å². The van der Waals surface area contributed by atoms with E-state index in [1.54, 1.807) is 0 Å². The Bertz CT molecular complexity index is 558. The quantitative estimate of drug-likeness (QED) is 0.820. The largest absolute Gasteiger partial charge is 0.294 e. The Morgan fingerprint density at radius 3 is 2.74 bits per heavy atom. The first kappa shape index (κ1) is 13.3. The number of benzene rings is 1. The zero-order valence-corrected chi connectivity index (χ0v) is 11.1.